The van der Waals surface area contributed by atoms with Gasteiger partial charge in [-0.05, 0) is 43.2 Å². The quantitative estimate of drug-likeness (QED) is 0.829. The smallest absolute Gasteiger partial charge is 0.314 e. The van der Waals surface area contributed by atoms with E-state index in [2.05, 4.69) is 30.5 Å². The number of anilines is 1. The Balaban J connectivity index is 1.97. The van der Waals surface area contributed by atoms with E-state index in [0.717, 1.165) is 24.1 Å². The highest BCUT2D eigenvalue weighted by Gasteiger charge is 2.09. The minimum Gasteiger partial charge on any atom is -0.314 e. The predicted molar refractivity (Wildman–Crippen MR) is 79.2 cm³/mol. The molecule has 1 saturated carbocycles. The van der Waals surface area contributed by atoms with Crippen LogP contribution in [-0.2, 0) is 0 Å². The van der Waals surface area contributed by atoms with E-state index < -0.39 is 0 Å². The zero-order chi connectivity index (χ0) is 13.7. The largest absolute Gasteiger partial charge is 0.323 e. The molecule has 2 rings (SSSR count). The van der Waals surface area contributed by atoms with Crippen LogP contribution in [0, 0.1) is 0 Å². The van der Waals surface area contributed by atoms with Crippen LogP contribution in [-0.4, -0.2) is 6.03 Å². The van der Waals surface area contributed by atoms with Crippen LogP contribution in [0.15, 0.2) is 36.0 Å². The number of benzene rings is 1. The van der Waals surface area contributed by atoms with Gasteiger partial charge in [-0.1, -0.05) is 37.6 Å². The molecule has 2 N–H and O–H groups in total. The van der Waals surface area contributed by atoms with Crippen LogP contribution >= 0.6 is 0 Å². The monoisotopic (exact) mass is 258 g/mol. The van der Waals surface area contributed by atoms with Crippen molar-refractivity contribution >= 4 is 11.7 Å². The molecule has 0 spiro atoms. The van der Waals surface area contributed by atoms with E-state index in [-0.39, 0.29) is 6.03 Å². The average molecular weight is 258 g/mol. The lowest BCUT2D eigenvalue weighted by Crippen LogP contribution is -2.25. The summed E-state index contributed by atoms with van der Waals surface area (Å²) in [6, 6.07) is 7.77. The van der Waals surface area contributed by atoms with Gasteiger partial charge in [-0.3, -0.25) is 0 Å². The van der Waals surface area contributed by atoms with Crippen LogP contribution in [0.25, 0.3) is 0 Å². The molecule has 1 aliphatic rings. The number of allylic oxidation sites excluding steroid dienone is 1. The number of hydrogen-bond donors (Lipinski definition) is 2. The molecule has 1 aromatic rings. The summed E-state index contributed by atoms with van der Waals surface area (Å²) >= 11 is 0. The first-order valence-corrected chi connectivity index (χ1v) is 7.01. The molecule has 0 bridgehead atoms. The molecule has 0 unspecified atom stereocenters. The topological polar surface area (TPSA) is 41.1 Å². The van der Waals surface area contributed by atoms with Crippen LogP contribution in [0.1, 0.15) is 51.0 Å². The van der Waals surface area contributed by atoms with Gasteiger partial charge in [0.1, 0.15) is 0 Å². The van der Waals surface area contributed by atoms with Gasteiger partial charge in [0.25, 0.3) is 0 Å². The van der Waals surface area contributed by atoms with Crippen LogP contribution in [0.2, 0.25) is 0 Å². The fourth-order valence-electron chi connectivity index (χ4n) is 2.41. The third kappa shape index (κ3) is 3.85. The minimum absolute atomic E-state index is 0.160. The van der Waals surface area contributed by atoms with Crippen LogP contribution in [0.4, 0.5) is 10.5 Å². The van der Waals surface area contributed by atoms with Crippen molar-refractivity contribution in [2.75, 3.05) is 5.32 Å². The first-order valence-electron chi connectivity index (χ1n) is 7.01. The summed E-state index contributed by atoms with van der Waals surface area (Å²) < 4.78 is 0. The zero-order valence-corrected chi connectivity index (χ0v) is 11.7. The van der Waals surface area contributed by atoms with Gasteiger partial charge < -0.3 is 10.6 Å². The van der Waals surface area contributed by atoms with Crippen molar-refractivity contribution in [3.8, 4) is 0 Å². The van der Waals surface area contributed by atoms with E-state index in [0.29, 0.717) is 5.92 Å². The van der Waals surface area contributed by atoms with E-state index >= 15 is 0 Å². The van der Waals surface area contributed by atoms with Gasteiger partial charge in [0, 0.05) is 11.9 Å². The number of urea groups is 1. The van der Waals surface area contributed by atoms with Crippen molar-refractivity contribution in [2.24, 2.45) is 0 Å². The first kappa shape index (κ1) is 13.7. The van der Waals surface area contributed by atoms with Gasteiger partial charge in [-0.25, -0.2) is 4.79 Å². The van der Waals surface area contributed by atoms with Gasteiger partial charge >= 0.3 is 6.03 Å². The predicted octanol–water partition coefficient (Wildman–Crippen LogP) is 4.39. The summed E-state index contributed by atoms with van der Waals surface area (Å²) in [6.45, 7) is 4.25. The summed E-state index contributed by atoms with van der Waals surface area (Å²) in [4.78, 5) is 11.9. The zero-order valence-electron chi connectivity index (χ0n) is 11.7. The lowest BCUT2D eigenvalue weighted by atomic mass is 10.0. The number of carbonyl (C=O) groups excluding carboxylic acids is 1. The van der Waals surface area contributed by atoms with Gasteiger partial charge in [0.2, 0.25) is 0 Å². The highest BCUT2D eigenvalue weighted by Crippen LogP contribution is 2.24. The second kappa shape index (κ2) is 6.41. The number of rotatable bonds is 3. The Kier molecular flexibility index (Phi) is 4.61. The average Bonchev–Trinajstić information content (AvgIpc) is 2.90. The highest BCUT2D eigenvalue weighted by molar-refractivity contribution is 5.90. The normalized spacial score (nSPS) is 14.6. The Hall–Kier alpha value is -1.77. The Bertz CT molecular complexity index is 469. The maximum atomic E-state index is 11.9. The molecule has 0 saturated heterocycles. The molecule has 102 valence electrons. The van der Waals surface area contributed by atoms with Crippen LogP contribution < -0.4 is 10.6 Å². The molecule has 1 aromatic carbocycles. The number of hydrogen-bond acceptors (Lipinski definition) is 1. The summed E-state index contributed by atoms with van der Waals surface area (Å²) in [5, 5.41) is 5.75. The molecule has 3 heteroatoms. The van der Waals surface area contributed by atoms with E-state index in [1.54, 1.807) is 0 Å². The third-order valence-corrected chi connectivity index (χ3v) is 3.48. The fraction of sp³-hybridized carbons (Fsp3) is 0.438. The van der Waals surface area contributed by atoms with E-state index in [1.165, 1.54) is 18.4 Å². The Morgan fingerprint density at radius 3 is 2.58 bits per heavy atom. The number of para-hydroxylation sites is 1. The Labute approximate surface area is 115 Å². The minimum atomic E-state index is -0.160. The maximum Gasteiger partial charge on any atom is 0.323 e. The molecule has 0 heterocycles. The van der Waals surface area contributed by atoms with Crippen molar-refractivity contribution in [1.82, 2.24) is 5.32 Å². The van der Waals surface area contributed by atoms with E-state index in [9.17, 15) is 4.79 Å². The molecule has 1 aliphatic carbocycles. The highest BCUT2D eigenvalue weighted by atomic mass is 16.2. The summed E-state index contributed by atoms with van der Waals surface area (Å²) in [5.74, 6) is 0.393. The van der Waals surface area contributed by atoms with E-state index in [4.69, 9.17) is 0 Å². The molecule has 0 radical (unpaired) electrons. The second-order valence-electron chi connectivity index (χ2n) is 5.35. The molecule has 0 aliphatic heterocycles. The second-order valence-corrected chi connectivity index (χ2v) is 5.35. The molecule has 1 fully saturated rings. The van der Waals surface area contributed by atoms with Crippen molar-refractivity contribution < 1.29 is 4.79 Å². The van der Waals surface area contributed by atoms with Gasteiger partial charge in [0.15, 0.2) is 0 Å². The lowest BCUT2D eigenvalue weighted by molar-refractivity contribution is 0.255. The molecular weight excluding hydrogens is 236 g/mol. The standard InChI is InChI=1S/C16H22N2O/c1-12(2)14-9-5-6-10-15(14)18-16(19)17-11-13-7-3-4-8-13/h5-6,9-12H,3-4,7-8H2,1-2H3,(H2,17,18,19). The molecule has 0 aromatic heterocycles. The SMILES string of the molecule is CC(C)c1ccccc1NC(=O)NC=C1CCCC1. The van der Waals surface area contributed by atoms with Crippen molar-refractivity contribution in [3.05, 3.63) is 41.6 Å². The number of nitrogens with one attached hydrogen (secondary N) is 2. The van der Waals surface area contributed by atoms with Gasteiger partial charge in [-0.2, -0.15) is 0 Å². The number of amides is 2. The van der Waals surface area contributed by atoms with Gasteiger partial charge in [0.05, 0.1) is 0 Å². The summed E-state index contributed by atoms with van der Waals surface area (Å²) in [7, 11) is 0. The van der Waals surface area contributed by atoms with Crippen molar-refractivity contribution in [2.45, 2.75) is 45.4 Å². The third-order valence-electron chi connectivity index (χ3n) is 3.48. The Morgan fingerprint density at radius 1 is 1.21 bits per heavy atom. The van der Waals surface area contributed by atoms with Crippen molar-refractivity contribution in [1.29, 1.82) is 0 Å². The molecule has 19 heavy (non-hydrogen) atoms. The Morgan fingerprint density at radius 2 is 1.89 bits per heavy atom. The van der Waals surface area contributed by atoms with Crippen LogP contribution in [0.5, 0.6) is 0 Å². The molecule has 2 amide bonds. The molecule has 3 nitrogen and oxygen atoms in total. The lowest BCUT2D eigenvalue weighted by Gasteiger charge is -2.13. The van der Waals surface area contributed by atoms with Crippen LogP contribution in [0.3, 0.4) is 0 Å². The molecular formula is C16H22N2O. The first-order chi connectivity index (χ1) is 9.16. The van der Waals surface area contributed by atoms with Gasteiger partial charge in [-0.15, -0.1) is 0 Å². The summed E-state index contributed by atoms with van der Waals surface area (Å²) in [6.07, 6.45) is 6.57. The van der Waals surface area contributed by atoms with E-state index in [1.807, 2.05) is 24.4 Å². The fourth-order valence-corrected chi connectivity index (χ4v) is 2.41. The molecule has 0 atom stereocenters. The maximum absolute atomic E-state index is 11.9. The van der Waals surface area contributed by atoms with Crippen molar-refractivity contribution in [3.63, 3.8) is 0 Å². The number of carbonyl (C=O) groups is 1. The summed E-state index contributed by atoms with van der Waals surface area (Å²) in [5.41, 5.74) is 3.39.